The van der Waals surface area contributed by atoms with Gasteiger partial charge < -0.3 is 5.11 Å². The molecule has 2 atom stereocenters. The summed E-state index contributed by atoms with van der Waals surface area (Å²) >= 11 is 0. The summed E-state index contributed by atoms with van der Waals surface area (Å²) in [4.78, 5) is 10.7. The first-order valence-corrected chi connectivity index (χ1v) is 4.87. The van der Waals surface area contributed by atoms with Gasteiger partial charge in [-0.05, 0) is 36.5 Å². The third kappa shape index (κ3) is 1.71. The van der Waals surface area contributed by atoms with Gasteiger partial charge in [-0.3, -0.25) is 4.79 Å². The second-order valence-electron chi connectivity index (χ2n) is 3.97. The van der Waals surface area contributed by atoms with Gasteiger partial charge in [0.15, 0.2) is 0 Å². The number of hydrogen-bond donors (Lipinski definition) is 1. The monoisotopic (exact) mass is 201 g/mol. The van der Waals surface area contributed by atoms with E-state index in [0.717, 1.165) is 17.5 Å². The minimum Gasteiger partial charge on any atom is -0.481 e. The van der Waals surface area contributed by atoms with E-state index < -0.39 is 5.97 Å². The SMILES string of the molecule is Cc1cc(C2CC2C(=O)O)ccc1C#N. The Hall–Kier alpha value is -1.82. The highest BCUT2D eigenvalue weighted by Crippen LogP contribution is 2.47. The molecular weight excluding hydrogens is 190 g/mol. The van der Waals surface area contributed by atoms with Crippen LogP contribution in [0.25, 0.3) is 0 Å². The Morgan fingerprint density at radius 2 is 2.33 bits per heavy atom. The molecule has 1 aromatic rings. The van der Waals surface area contributed by atoms with Crippen molar-refractivity contribution in [3.05, 3.63) is 34.9 Å². The molecule has 0 spiro atoms. The van der Waals surface area contributed by atoms with Crippen LogP contribution in [-0.2, 0) is 4.79 Å². The number of carboxylic acids is 1. The molecule has 0 aromatic heterocycles. The summed E-state index contributed by atoms with van der Waals surface area (Å²) in [5.74, 6) is -0.798. The van der Waals surface area contributed by atoms with Crippen molar-refractivity contribution < 1.29 is 9.90 Å². The molecule has 0 radical (unpaired) electrons. The Morgan fingerprint density at radius 3 is 2.80 bits per heavy atom. The average Bonchev–Trinajstić information content (AvgIpc) is 2.97. The molecule has 1 N–H and O–H groups in total. The average molecular weight is 201 g/mol. The standard InChI is InChI=1S/C12H11NO2/c1-7-4-8(2-3-9(7)6-13)10-5-11(10)12(14)15/h2-4,10-11H,5H2,1H3,(H,14,15). The predicted octanol–water partition coefficient (Wildman–Crippen LogP) is 2.05. The molecule has 0 amide bonds. The second-order valence-corrected chi connectivity index (χ2v) is 3.97. The molecular formula is C12H11NO2. The zero-order valence-corrected chi connectivity index (χ0v) is 8.40. The molecule has 0 heterocycles. The van der Waals surface area contributed by atoms with Gasteiger partial charge in [-0.25, -0.2) is 0 Å². The van der Waals surface area contributed by atoms with Crippen LogP contribution in [0, 0.1) is 24.2 Å². The van der Waals surface area contributed by atoms with Crippen LogP contribution in [0.1, 0.15) is 29.0 Å². The van der Waals surface area contributed by atoms with Crippen LogP contribution in [0.3, 0.4) is 0 Å². The molecule has 2 unspecified atom stereocenters. The fourth-order valence-electron chi connectivity index (χ4n) is 1.88. The van der Waals surface area contributed by atoms with Crippen molar-refractivity contribution in [1.82, 2.24) is 0 Å². The summed E-state index contributed by atoms with van der Waals surface area (Å²) in [5.41, 5.74) is 2.62. The Balaban J connectivity index is 2.23. The van der Waals surface area contributed by atoms with E-state index in [1.54, 1.807) is 6.07 Å². The van der Waals surface area contributed by atoms with Gasteiger partial charge >= 0.3 is 5.97 Å². The second kappa shape index (κ2) is 3.39. The molecule has 1 aromatic carbocycles. The van der Waals surface area contributed by atoms with Gasteiger partial charge in [0.25, 0.3) is 0 Å². The Bertz CT molecular complexity index is 459. The van der Waals surface area contributed by atoms with Crippen molar-refractivity contribution in [2.45, 2.75) is 19.3 Å². The van der Waals surface area contributed by atoms with Gasteiger partial charge in [0.2, 0.25) is 0 Å². The Labute approximate surface area is 88.0 Å². The molecule has 1 fully saturated rings. The Morgan fingerprint density at radius 1 is 1.60 bits per heavy atom. The summed E-state index contributed by atoms with van der Waals surface area (Å²) in [5, 5.41) is 17.6. The minimum atomic E-state index is -0.720. The topological polar surface area (TPSA) is 61.1 Å². The van der Waals surface area contributed by atoms with E-state index in [0.29, 0.717) is 5.56 Å². The van der Waals surface area contributed by atoms with Gasteiger partial charge in [0.1, 0.15) is 0 Å². The van der Waals surface area contributed by atoms with Gasteiger partial charge in [-0.2, -0.15) is 5.26 Å². The maximum atomic E-state index is 10.7. The van der Waals surface area contributed by atoms with E-state index in [9.17, 15) is 4.79 Å². The van der Waals surface area contributed by atoms with Crippen LogP contribution in [0.4, 0.5) is 0 Å². The van der Waals surface area contributed by atoms with Gasteiger partial charge in [0.05, 0.1) is 17.6 Å². The lowest BCUT2D eigenvalue weighted by molar-refractivity contribution is -0.138. The minimum absolute atomic E-state index is 0.147. The lowest BCUT2D eigenvalue weighted by Crippen LogP contribution is -1.99. The van der Waals surface area contributed by atoms with Crippen LogP contribution in [0.15, 0.2) is 18.2 Å². The number of hydrogen-bond acceptors (Lipinski definition) is 2. The lowest BCUT2D eigenvalue weighted by atomic mass is 10.0. The van der Waals surface area contributed by atoms with Crippen molar-refractivity contribution in [1.29, 1.82) is 5.26 Å². The summed E-state index contributed by atoms with van der Waals surface area (Å²) in [7, 11) is 0. The predicted molar refractivity (Wildman–Crippen MR) is 54.4 cm³/mol. The molecule has 15 heavy (non-hydrogen) atoms. The van der Waals surface area contributed by atoms with Crippen LogP contribution < -0.4 is 0 Å². The zero-order valence-electron chi connectivity index (χ0n) is 8.40. The van der Waals surface area contributed by atoms with E-state index >= 15 is 0 Å². The number of benzene rings is 1. The first-order chi connectivity index (χ1) is 7.13. The van der Waals surface area contributed by atoms with Crippen LogP contribution >= 0.6 is 0 Å². The fourth-order valence-corrected chi connectivity index (χ4v) is 1.88. The van der Waals surface area contributed by atoms with Crippen molar-refractivity contribution in [3.8, 4) is 6.07 Å². The normalized spacial score (nSPS) is 23.2. The molecule has 1 aliphatic rings. The van der Waals surface area contributed by atoms with E-state index in [1.165, 1.54) is 0 Å². The van der Waals surface area contributed by atoms with Crippen LogP contribution in [0.5, 0.6) is 0 Å². The lowest BCUT2D eigenvalue weighted by Gasteiger charge is -2.02. The third-order valence-electron chi connectivity index (χ3n) is 2.91. The van der Waals surface area contributed by atoms with Crippen molar-refractivity contribution >= 4 is 5.97 Å². The first-order valence-electron chi connectivity index (χ1n) is 4.87. The number of rotatable bonds is 2. The number of nitriles is 1. The summed E-state index contributed by atoms with van der Waals surface area (Å²) in [6, 6.07) is 7.65. The van der Waals surface area contributed by atoms with Crippen molar-refractivity contribution in [2.75, 3.05) is 0 Å². The maximum Gasteiger partial charge on any atom is 0.307 e. The van der Waals surface area contributed by atoms with Crippen molar-refractivity contribution in [2.24, 2.45) is 5.92 Å². The molecule has 1 saturated carbocycles. The van der Waals surface area contributed by atoms with E-state index in [4.69, 9.17) is 10.4 Å². The number of aryl methyl sites for hydroxylation is 1. The zero-order chi connectivity index (χ0) is 11.0. The summed E-state index contributed by atoms with van der Waals surface area (Å²) in [6.07, 6.45) is 0.723. The smallest absolute Gasteiger partial charge is 0.307 e. The van der Waals surface area contributed by atoms with Gasteiger partial charge in [-0.1, -0.05) is 12.1 Å². The fraction of sp³-hybridized carbons (Fsp3) is 0.333. The van der Waals surface area contributed by atoms with Crippen LogP contribution in [0.2, 0.25) is 0 Å². The number of aliphatic carboxylic acids is 1. The quantitative estimate of drug-likeness (QED) is 0.796. The van der Waals surface area contributed by atoms with E-state index in [2.05, 4.69) is 6.07 Å². The maximum absolute atomic E-state index is 10.7. The molecule has 0 aliphatic heterocycles. The third-order valence-corrected chi connectivity index (χ3v) is 2.91. The summed E-state index contributed by atoms with van der Waals surface area (Å²) in [6.45, 7) is 1.88. The molecule has 1 aliphatic carbocycles. The highest BCUT2D eigenvalue weighted by Gasteiger charge is 2.44. The summed E-state index contributed by atoms with van der Waals surface area (Å²) < 4.78 is 0. The van der Waals surface area contributed by atoms with Crippen molar-refractivity contribution in [3.63, 3.8) is 0 Å². The van der Waals surface area contributed by atoms with Gasteiger partial charge in [-0.15, -0.1) is 0 Å². The molecule has 2 rings (SSSR count). The molecule has 0 saturated heterocycles. The van der Waals surface area contributed by atoms with Crippen LogP contribution in [-0.4, -0.2) is 11.1 Å². The molecule has 76 valence electrons. The molecule has 0 bridgehead atoms. The number of nitrogens with zero attached hydrogens (tertiary/aromatic N) is 1. The van der Waals surface area contributed by atoms with Gasteiger partial charge in [0, 0.05) is 0 Å². The molecule has 3 nitrogen and oxygen atoms in total. The number of carbonyl (C=O) groups is 1. The highest BCUT2D eigenvalue weighted by molar-refractivity contribution is 5.75. The molecule has 3 heteroatoms. The highest BCUT2D eigenvalue weighted by atomic mass is 16.4. The Kier molecular flexibility index (Phi) is 2.20. The first kappa shape index (κ1) is 9.72. The largest absolute Gasteiger partial charge is 0.481 e. The van der Waals surface area contributed by atoms with E-state index in [1.807, 2.05) is 19.1 Å². The number of carboxylic acid groups (broad SMARTS) is 1. The van der Waals surface area contributed by atoms with E-state index in [-0.39, 0.29) is 11.8 Å².